The first-order chi connectivity index (χ1) is 7.09. The molecule has 1 N–H and O–H groups in total. The van der Waals surface area contributed by atoms with Crippen LogP contribution < -0.4 is 0 Å². The Bertz CT molecular complexity index is 304. The zero-order valence-electron chi connectivity index (χ0n) is 9.75. The maximum atomic E-state index is 7.91. The highest BCUT2D eigenvalue weighted by Gasteiger charge is 2.08. The summed E-state index contributed by atoms with van der Waals surface area (Å²) in [6.07, 6.45) is 1.60. The Morgan fingerprint density at radius 2 is 2.00 bits per heavy atom. The summed E-state index contributed by atoms with van der Waals surface area (Å²) in [5.41, 5.74) is 1.99. The molecule has 0 aromatic heterocycles. The van der Waals surface area contributed by atoms with Gasteiger partial charge in [-0.05, 0) is 32.6 Å². The average molecular weight is 203 g/mol. The number of rotatable bonds is 5. The summed E-state index contributed by atoms with van der Waals surface area (Å²) in [5.74, 6) is 0. The summed E-state index contributed by atoms with van der Waals surface area (Å²) in [5, 5.41) is 7.91. The Morgan fingerprint density at radius 1 is 1.40 bits per heavy atom. The first kappa shape index (κ1) is 11.9. The summed E-state index contributed by atoms with van der Waals surface area (Å²) >= 11 is 0. The van der Waals surface area contributed by atoms with Gasteiger partial charge in [0.15, 0.2) is 0 Å². The molecule has 0 bridgehead atoms. The van der Waals surface area contributed by atoms with Crippen molar-refractivity contribution in [2.24, 2.45) is 0 Å². The van der Waals surface area contributed by atoms with E-state index in [-0.39, 0.29) is 0 Å². The third-order valence-electron chi connectivity index (χ3n) is 2.63. The van der Waals surface area contributed by atoms with Gasteiger partial charge < -0.3 is 10.3 Å². The molecular formula is C13H19N2. The minimum atomic E-state index is 0.438. The molecule has 2 nitrogen and oxygen atoms in total. The molecule has 0 unspecified atom stereocenters. The highest BCUT2D eigenvalue weighted by molar-refractivity contribution is 5.84. The Hall–Kier alpha value is -1.15. The fraction of sp³-hybridized carbons (Fsp3) is 0.462. The van der Waals surface area contributed by atoms with Gasteiger partial charge in [0.1, 0.15) is 0 Å². The fourth-order valence-electron chi connectivity index (χ4n) is 1.40. The molecule has 0 aliphatic heterocycles. The molecule has 15 heavy (non-hydrogen) atoms. The van der Waals surface area contributed by atoms with Crippen LogP contribution in [0.25, 0.3) is 0 Å². The molecule has 1 aromatic carbocycles. The first-order valence-corrected chi connectivity index (χ1v) is 5.27. The molecule has 81 valence electrons. The van der Waals surface area contributed by atoms with Crippen molar-refractivity contribution >= 4 is 5.71 Å². The third kappa shape index (κ3) is 4.26. The smallest absolute Gasteiger partial charge is 0.0148 e. The van der Waals surface area contributed by atoms with Crippen LogP contribution in [-0.2, 0) is 6.42 Å². The topological polar surface area (TPSA) is 27.1 Å². The molecule has 0 amide bonds. The van der Waals surface area contributed by atoms with E-state index in [1.165, 1.54) is 5.56 Å². The van der Waals surface area contributed by atoms with E-state index in [1.54, 1.807) is 0 Å². The average Bonchev–Trinajstić information content (AvgIpc) is 2.18. The Morgan fingerprint density at radius 3 is 2.53 bits per heavy atom. The highest BCUT2D eigenvalue weighted by atomic mass is 15.1. The van der Waals surface area contributed by atoms with E-state index in [0.717, 1.165) is 18.6 Å². The lowest BCUT2D eigenvalue weighted by atomic mass is 10.0. The first-order valence-electron chi connectivity index (χ1n) is 5.27. The van der Waals surface area contributed by atoms with Crippen LogP contribution >= 0.6 is 0 Å². The second-order valence-corrected chi connectivity index (χ2v) is 4.21. The number of nitrogens with zero attached hydrogens (tertiary/aromatic N) is 1. The molecular weight excluding hydrogens is 184 g/mol. The largest absolute Gasteiger partial charge is 0.309 e. The molecule has 0 saturated carbocycles. The van der Waals surface area contributed by atoms with Gasteiger partial charge in [0.05, 0.1) is 0 Å². The van der Waals surface area contributed by atoms with Gasteiger partial charge in [0, 0.05) is 24.6 Å². The van der Waals surface area contributed by atoms with E-state index >= 15 is 0 Å². The van der Waals surface area contributed by atoms with Crippen molar-refractivity contribution in [3.8, 4) is 0 Å². The quantitative estimate of drug-likeness (QED) is 0.731. The van der Waals surface area contributed by atoms with Crippen LogP contribution in [0, 0.1) is 11.5 Å². The van der Waals surface area contributed by atoms with Gasteiger partial charge in [0.25, 0.3) is 0 Å². The molecule has 1 aromatic rings. The van der Waals surface area contributed by atoms with Crippen LogP contribution in [0.1, 0.15) is 18.9 Å². The van der Waals surface area contributed by atoms with Crippen LogP contribution in [0.5, 0.6) is 0 Å². The number of hydrogen-bond acceptors (Lipinski definition) is 2. The molecule has 0 heterocycles. The van der Waals surface area contributed by atoms with E-state index in [0.29, 0.717) is 6.04 Å². The van der Waals surface area contributed by atoms with Crippen molar-refractivity contribution in [3.05, 3.63) is 35.9 Å². The van der Waals surface area contributed by atoms with E-state index < -0.39 is 0 Å². The second-order valence-electron chi connectivity index (χ2n) is 4.21. The lowest BCUT2D eigenvalue weighted by Gasteiger charge is -2.19. The van der Waals surface area contributed by atoms with E-state index in [2.05, 4.69) is 32.0 Å². The molecule has 2 heteroatoms. The predicted molar refractivity (Wildman–Crippen MR) is 64.5 cm³/mol. The molecule has 1 radical (unpaired) electrons. The summed E-state index contributed by atoms with van der Waals surface area (Å²) in [7, 11) is 4.10. The van der Waals surface area contributed by atoms with E-state index in [1.807, 2.05) is 24.3 Å². The maximum absolute atomic E-state index is 7.91. The zero-order chi connectivity index (χ0) is 11.3. The van der Waals surface area contributed by atoms with Crippen LogP contribution in [0.4, 0.5) is 0 Å². The summed E-state index contributed by atoms with van der Waals surface area (Å²) in [4.78, 5) is 2.15. The lowest BCUT2D eigenvalue weighted by Crippen LogP contribution is -2.27. The fourth-order valence-corrected chi connectivity index (χ4v) is 1.40. The number of nitrogens with one attached hydrogen (secondary N) is 1. The van der Waals surface area contributed by atoms with Crippen LogP contribution in [-0.4, -0.2) is 30.7 Å². The molecule has 1 rings (SSSR count). The second kappa shape index (κ2) is 5.66. The number of benzene rings is 1. The van der Waals surface area contributed by atoms with Crippen LogP contribution in [0.15, 0.2) is 24.3 Å². The Balaban J connectivity index is 2.43. The van der Waals surface area contributed by atoms with Crippen molar-refractivity contribution in [3.63, 3.8) is 0 Å². The highest BCUT2D eigenvalue weighted by Crippen LogP contribution is 2.05. The van der Waals surface area contributed by atoms with Gasteiger partial charge in [0.2, 0.25) is 0 Å². The standard InChI is InChI=1S/C13H19N2/c1-11(15(2)3)9-13(14)10-12-7-5-4-6-8-12/h5-8,11,14H,9-10H2,1-3H3/t11-/m0/s1. The maximum Gasteiger partial charge on any atom is 0.0148 e. The normalized spacial score (nSPS) is 12.8. The molecule has 0 fully saturated rings. The van der Waals surface area contributed by atoms with Gasteiger partial charge in [-0.15, -0.1) is 0 Å². The van der Waals surface area contributed by atoms with Gasteiger partial charge in [-0.3, -0.25) is 0 Å². The Kier molecular flexibility index (Phi) is 4.50. The van der Waals surface area contributed by atoms with Crippen LogP contribution in [0.3, 0.4) is 0 Å². The van der Waals surface area contributed by atoms with E-state index in [9.17, 15) is 0 Å². The SMILES string of the molecule is C[C@@H](CC(=N)Cc1cc[c]cc1)N(C)C. The zero-order valence-corrected chi connectivity index (χ0v) is 9.75. The number of hydrogen-bond donors (Lipinski definition) is 1. The van der Waals surface area contributed by atoms with Crippen LogP contribution in [0.2, 0.25) is 0 Å². The minimum Gasteiger partial charge on any atom is -0.309 e. The predicted octanol–water partition coefficient (Wildman–Crippen LogP) is 2.39. The van der Waals surface area contributed by atoms with Crippen molar-refractivity contribution in [2.75, 3.05) is 14.1 Å². The summed E-state index contributed by atoms with van der Waals surface area (Å²) in [6.45, 7) is 2.15. The van der Waals surface area contributed by atoms with Crippen molar-refractivity contribution in [1.82, 2.24) is 4.90 Å². The van der Waals surface area contributed by atoms with Gasteiger partial charge >= 0.3 is 0 Å². The van der Waals surface area contributed by atoms with E-state index in [4.69, 9.17) is 5.41 Å². The molecule has 0 aliphatic rings. The summed E-state index contributed by atoms with van der Waals surface area (Å²) < 4.78 is 0. The monoisotopic (exact) mass is 203 g/mol. The van der Waals surface area contributed by atoms with Crippen molar-refractivity contribution < 1.29 is 0 Å². The lowest BCUT2D eigenvalue weighted by molar-refractivity contribution is 0.320. The molecule has 0 aliphatic carbocycles. The van der Waals surface area contributed by atoms with Gasteiger partial charge in [-0.1, -0.05) is 24.3 Å². The molecule has 1 atom stereocenters. The third-order valence-corrected chi connectivity index (χ3v) is 2.63. The molecule has 0 saturated heterocycles. The molecule has 0 spiro atoms. The van der Waals surface area contributed by atoms with Gasteiger partial charge in [-0.2, -0.15) is 0 Å². The van der Waals surface area contributed by atoms with Crippen molar-refractivity contribution in [2.45, 2.75) is 25.8 Å². The minimum absolute atomic E-state index is 0.438. The summed E-state index contributed by atoms with van der Waals surface area (Å²) in [6, 6.07) is 11.3. The van der Waals surface area contributed by atoms with Gasteiger partial charge in [-0.25, -0.2) is 0 Å². The van der Waals surface area contributed by atoms with Crippen molar-refractivity contribution in [1.29, 1.82) is 5.41 Å². The Labute approximate surface area is 92.4 Å².